The molecule has 2 aromatic rings. The summed E-state index contributed by atoms with van der Waals surface area (Å²) < 4.78 is 4.96. The number of methoxy groups -OCH3 is 1. The number of fused-ring (bicyclic) bond motifs is 1. The summed E-state index contributed by atoms with van der Waals surface area (Å²) in [6, 6.07) is 16.7. The van der Waals surface area contributed by atoms with Gasteiger partial charge in [-0.3, -0.25) is 0 Å². The van der Waals surface area contributed by atoms with E-state index >= 15 is 0 Å². The SMILES string of the molecule is C/C=C(\C(C(=O)O)=C(/C)NC)C1CCc2ccccc2C1.C=Cc1ccc(NCCCOC)cc1. The molecule has 0 spiro atoms. The predicted octanol–water partition coefficient (Wildman–Crippen LogP) is 6.09. The molecule has 0 fully saturated rings. The molecule has 5 nitrogen and oxygen atoms in total. The number of aryl methyl sites for hydroxylation is 1. The fraction of sp³-hybridized carbons (Fsp3) is 0.367. The van der Waals surface area contributed by atoms with Gasteiger partial charge in [0.05, 0.1) is 5.57 Å². The van der Waals surface area contributed by atoms with Crippen molar-refractivity contribution in [2.45, 2.75) is 39.5 Å². The highest BCUT2D eigenvalue weighted by Gasteiger charge is 2.27. The molecular formula is C30H40N2O3. The Morgan fingerprint density at radius 1 is 1.17 bits per heavy atom. The van der Waals surface area contributed by atoms with E-state index in [0.717, 1.165) is 61.4 Å². The molecular weight excluding hydrogens is 436 g/mol. The third-order valence-corrected chi connectivity index (χ3v) is 6.35. The Labute approximate surface area is 210 Å². The van der Waals surface area contributed by atoms with Gasteiger partial charge in [0, 0.05) is 38.7 Å². The van der Waals surface area contributed by atoms with Gasteiger partial charge in [0.25, 0.3) is 0 Å². The number of benzene rings is 2. The highest BCUT2D eigenvalue weighted by Crippen LogP contribution is 2.34. The maximum Gasteiger partial charge on any atom is 0.337 e. The highest BCUT2D eigenvalue weighted by atomic mass is 16.5. The number of anilines is 1. The molecule has 1 aliphatic rings. The molecule has 0 amide bonds. The third kappa shape index (κ3) is 8.45. The van der Waals surface area contributed by atoms with E-state index in [-0.39, 0.29) is 5.92 Å². The van der Waals surface area contributed by atoms with Crippen LogP contribution in [0.1, 0.15) is 43.4 Å². The van der Waals surface area contributed by atoms with Gasteiger partial charge in [-0.05, 0) is 79.8 Å². The van der Waals surface area contributed by atoms with E-state index in [2.05, 4.69) is 53.6 Å². The van der Waals surface area contributed by atoms with Crippen LogP contribution in [0.4, 0.5) is 5.69 Å². The van der Waals surface area contributed by atoms with Gasteiger partial charge in [-0.15, -0.1) is 0 Å². The number of carbonyl (C=O) groups is 1. The molecule has 0 radical (unpaired) electrons. The minimum atomic E-state index is -0.853. The van der Waals surface area contributed by atoms with Crippen LogP contribution in [0.15, 0.2) is 78.0 Å². The number of nitrogens with one attached hydrogen (secondary N) is 2. The Morgan fingerprint density at radius 3 is 2.43 bits per heavy atom. The van der Waals surface area contributed by atoms with Crippen LogP contribution in [0.25, 0.3) is 6.08 Å². The molecule has 3 N–H and O–H groups in total. The molecule has 3 rings (SSSR count). The number of hydrogen-bond donors (Lipinski definition) is 3. The standard InChI is InChI=1S/C18H23NO2.C12H17NO/c1-4-16(17(18(20)21)12(2)19-3)15-10-9-13-7-5-6-8-14(13)11-15;1-3-11-5-7-12(8-6-11)13-9-4-10-14-2/h4-8,15,19H,9-11H2,1-3H3,(H,20,21);3,5-8,13H,1,4,9-10H2,2H3/b16-4-,17-12-;. The van der Waals surface area contributed by atoms with Crippen molar-refractivity contribution >= 4 is 17.7 Å². The topological polar surface area (TPSA) is 70.6 Å². The summed E-state index contributed by atoms with van der Waals surface area (Å²) in [5, 5.41) is 15.9. The molecule has 0 bridgehead atoms. The molecule has 1 unspecified atom stereocenters. The molecule has 5 heteroatoms. The van der Waals surface area contributed by atoms with Gasteiger partial charge in [0.1, 0.15) is 0 Å². The van der Waals surface area contributed by atoms with Crippen molar-refractivity contribution in [3.05, 3.63) is 94.7 Å². The van der Waals surface area contributed by atoms with Gasteiger partial charge in [0.2, 0.25) is 0 Å². The second-order valence-corrected chi connectivity index (χ2v) is 8.61. The lowest BCUT2D eigenvalue weighted by molar-refractivity contribution is -0.132. The van der Waals surface area contributed by atoms with E-state index in [4.69, 9.17) is 4.74 Å². The van der Waals surface area contributed by atoms with E-state index in [9.17, 15) is 9.90 Å². The molecule has 1 aliphatic carbocycles. The minimum Gasteiger partial charge on any atom is -0.478 e. The summed E-state index contributed by atoms with van der Waals surface area (Å²) in [5.74, 6) is -0.576. The monoisotopic (exact) mass is 476 g/mol. The van der Waals surface area contributed by atoms with Gasteiger partial charge in [0.15, 0.2) is 0 Å². The fourth-order valence-electron chi connectivity index (χ4n) is 4.36. The van der Waals surface area contributed by atoms with E-state index < -0.39 is 5.97 Å². The van der Waals surface area contributed by atoms with Crippen molar-refractivity contribution in [2.24, 2.45) is 5.92 Å². The van der Waals surface area contributed by atoms with E-state index in [0.29, 0.717) is 5.57 Å². The molecule has 35 heavy (non-hydrogen) atoms. The first-order valence-corrected chi connectivity index (χ1v) is 12.3. The summed E-state index contributed by atoms with van der Waals surface area (Å²) in [6.45, 7) is 9.21. The summed E-state index contributed by atoms with van der Waals surface area (Å²) in [7, 11) is 3.49. The van der Waals surface area contributed by atoms with Crippen molar-refractivity contribution in [1.29, 1.82) is 0 Å². The van der Waals surface area contributed by atoms with Crippen LogP contribution in [0.2, 0.25) is 0 Å². The Balaban J connectivity index is 0.000000269. The van der Waals surface area contributed by atoms with Gasteiger partial charge < -0.3 is 20.5 Å². The van der Waals surface area contributed by atoms with Gasteiger partial charge >= 0.3 is 5.97 Å². The Kier molecular flexibility index (Phi) is 11.8. The normalized spacial score (nSPS) is 15.7. The Bertz CT molecular complexity index is 1020. The first kappa shape index (κ1) is 27.9. The zero-order valence-electron chi connectivity index (χ0n) is 21.6. The lowest BCUT2D eigenvalue weighted by Crippen LogP contribution is -2.22. The average Bonchev–Trinajstić information content (AvgIpc) is 2.89. The van der Waals surface area contributed by atoms with E-state index in [1.54, 1.807) is 14.2 Å². The maximum atomic E-state index is 11.6. The first-order chi connectivity index (χ1) is 16.9. The van der Waals surface area contributed by atoms with Crippen molar-refractivity contribution in [1.82, 2.24) is 5.32 Å². The largest absolute Gasteiger partial charge is 0.478 e. The zero-order chi connectivity index (χ0) is 25.6. The number of ether oxygens (including phenoxy) is 1. The lowest BCUT2D eigenvalue weighted by atomic mass is 9.77. The van der Waals surface area contributed by atoms with Gasteiger partial charge in [-0.1, -0.05) is 55.1 Å². The highest BCUT2D eigenvalue weighted by molar-refractivity contribution is 5.92. The van der Waals surface area contributed by atoms with Crippen molar-refractivity contribution in [2.75, 3.05) is 32.6 Å². The number of carboxylic acid groups (broad SMARTS) is 1. The second-order valence-electron chi connectivity index (χ2n) is 8.61. The molecule has 2 aromatic carbocycles. The summed E-state index contributed by atoms with van der Waals surface area (Å²) in [6.07, 6.45) is 7.77. The summed E-state index contributed by atoms with van der Waals surface area (Å²) in [4.78, 5) is 11.6. The van der Waals surface area contributed by atoms with Crippen LogP contribution in [0.3, 0.4) is 0 Å². The van der Waals surface area contributed by atoms with Crippen LogP contribution in [0.5, 0.6) is 0 Å². The fourth-order valence-corrected chi connectivity index (χ4v) is 4.36. The summed E-state index contributed by atoms with van der Waals surface area (Å²) >= 11 is 0. The van der Waals surface area contributed by atoms with Crippen molar-refractivity contribution < 1.29 is 14.6 Å². The molecule has 1 atom stereocenters. The third-order valence-electron chi connectivity index (χ3n) is 6.35. The molecule has 0 saturated heterocycles. The first-order valence-electron chi connectivity index (χ1n) is 12.3. The Hall–Kier alpha value is -3.31. The molecule has 0 aromatic heterocycles. The van der Waals surface area contributed by atoms with E-state index in [1.165, 1.54) is 11.1 Å². The van der Waals surface area contributed by atoms with Crippen molar-refractivity contribution in [3.8, 4) is 0 Å². The lowest BCUT2D eigenvalue weighted by Gasteiger charge is -2.28. The molecule has 188 valence electrons. The van der Waals surface area contributed by atoms with Crippen LogP contribution in [-0.2, 0) is 22.4 Å². The van der Waals surface area contributed by atoms with E-state index in [1.807, 2.05) is 38.1 Å². The number of carboxylic acids is 1. The quantitative estimate of drug-likeness (QED) is 0.220. The smallest absolute Gasteiger partial charge is 0.337 e. The second kappa shape index (κ2) is 14.8. The number of hydrogen-bond acceptors (Lipinski definition) is 4. The maximum absolute atomic E-state index is 11.6. The molecule has 0 saturated carbocycles. The van der Waals surface area contributed by atoms with Crippen LogP contribution in [0, 0.1) is 5.92 Å². The number of aliphatic carboxylic acids is 1. The van der Waals surface area contributed by atoms with Crippen LogP contribution in [-0.4, -0.2) is 38.4 Å². The predicted molar refractivity (Wildman–Crippen MR) is 147 cm³/mol. The minimum absolute atomic E-state index is 0.277. The van der Waals surface area contributed by atoms with Crippen LogP contribution >= 0.6 is 0 Å². The zero-order valence-corrected chi connectivity index (χ0v) is 21.6. The summed E-state index contributed by atoms with van der Waals surface area (Å²) in [5.41, 5.74) is 7.12. The van der Waals surface area contributed by atoms with Gasteiger partial charge in [-0.2, -0.15) is 0 Å². The van der Waals surface area contributed by atoms with Gasteiger partial charge in [-0.25, -0.2) is 4.79 Å². The Morgan fingerprint density at radius 2 is 1.86 bits per heavy atom. The van der Waals surface area contributed by atoms with Crippen molar-refractivity contribution in [3.63, 3.8) is 0 Å². The molecule has 0 aliphatic heterocycles. The molecule has 0 heterocycles. The number of allylic oxidation sites excluding steroid dienone is 2. The number of rotatable bonds is 10. The average molecular weight is 477 g/mol. The van der Waals surface area contributed by atoms with Crippen LogP contribution < -0.4 is 10.6 Å².